The summed E-state index contributed by atoms with van der Waals surface area (Å²) in [4.78, 5) is 38.4. The molecule has 0 saturated carbocycles. The number of aromatic amines is 2. The van der Waals surface area contributed by atoms with Gasteiger partial charge < -0.3 is 25.3 Å². The number of nitrogens with one attached hydrogen (secondary N) is 4. The molecular formula is C30H36N6O3. The van der Waals surface area contributed by atoms with E-state index >= 15 is 0 Å². The molecule has 1 atom stereocenters. The molecule has 0 radical (unpaired) electrons. The number of rotatable bonds is 9. The number of carbonyl (C=O) groups is 2. The van der Waals surface area contributed by atoms with Gasteiger partial charge in [-0.25, -0.2) is 14.8 Å². The van der Waals surface area contributed by atoms with E-state index in [4.69, 9.17) is 4.74 Å². The molecule has 0 aliphatic heterocycles. The molecule has 1 unspecified atom stereocenters. The van der Waals surface area contributed by atoms with Gasteiger partial charge in [-0.15, -0.1) is 0 Å². The minimum Gasteiger partial charge on any atom is -0.444 e. The molecule has 2 heterocycles. The summed E-state index contributed by atoms with van der Waals surface area (Å²) < 4.78 is 5.27. The van der Waals surface area contributed by atoms with E-state index in [0.29, 0.717) is 12.2 Å². The summed E-state index contributed by atoms with van der Waals surface area (Å²) in [5.41, 5.74) is 6.60. The van der Waals surface area contributed by atoms with Gasteiger partial charge in [-0.3, -0.25) is 4.79 Å². The average molecular weight is 529 g/mol. The summed E-state index contributed by atoms with van der Waals surface area (Å²) in [5, 5.41) is 5.55. The van der Waals surface area contributed by atoms with Crippen LogP contribution >= 0.6 is 0 Å². The van der Waals surface area contributed by atoms with Crippen molar-refractivity contribution in [3.63, 3.8) is 0 Å². The Labute approximate surface area is 228 Å². The maximum atomic E-state index is 11.9. The molecule has 9 nitrogen and oxygen atoms in total. The Balaban J connectivity index is 1.44. The maximum absolute atomic E-state index is 11.9. The highest BCUT2D eigenvalue weighted by molar-refractivity contribution is 5.73. The zero-order valence-electron chi connectivity index (χ0n) is 23.3. The third-order valence-corrected chi connectivity index (χ3v) is 6.28. The first-order valence-corrected chi connectivity index (χ1v) is 13.0. The van der Waals surface area contributed by atoms with Crippen LogP contribution in [0, 0.1) is 12.8 Å². The van der Waals surface area contributed by atoms with Gasteiger partial charge in [-0.05, 0) is 55.9 Å². The number of hydrogen-bond acceptors (Lipinski definition) is 5. The predicted octanol–water partition coefficient (Wildman–Crippen LogP) is 5.91. The van der Waals surface area contributed by atoms with Crippen LogP contribution in [0.1, 0.15) is 57.9 Å². The summed E-state index contributed by atoms with van der Waals surface area (Å²) >= 11 is 0. The monoisotopic (exact) mass is 528 g/mol. The minimum atomic E-state index is -0.549. The molecule has 0 aliphatic carbocycles. The lowest BCUT2D eigenvalue weighted by atomic mass is 9.97. The number of imidazole rings is 2. The van der Waals surface area contributed by atoms with Gasteiger partial charge in [-0.1, -0.05) is 56.3 Å². The quantitative estimate of drug-likeness (QED) is 0.201. The standard InChI is InChI=1S/C30H36N6O3/c1-18(2)27(34-17-37)28-32-14-24(36-28)21-9-7-20(8-10-21)22-11-12-23(19(3)13-22)25-15-31-26(35-25)16-33-29(38)39-30(4,5)6/h7-15,17-18,27H,16H2,1-6H3,(H,31,35)(H,32,36)(H,33,38)(H,34,37). The number of aromatic nitrogens is 4. The van der Waals surface area contributed by atoms with Crippen LogP contribution in [-0.2, 0) is 16.1 Å². The Morgan fingerprint density at radius 3 is 2.28 bits per heavy atom. The molecule has 4 aromatic rings. The Morgan fingerprint density at radius 1 is 0.974 bits per heavy atom. The van der Waals surface area contributed by atoms with Crippen LogP contribution in [0.25, 0.3) is 33.6 Å². The molecule has 204 valence electrons. The van der Waals surface area contributed by atoms with E-state index in [1.807, 2.05) is 34.6 Å². The van der Waals surface area contributed by atoms with Gasteiger partial charge in [0.2, 0.25) is 6.41 Å². The third-order valence-electron chi connectivity index (χ3n) is 6.28. The fourth-order valence-corrected chi connectivity index (χ4v) is 4.35. The third kappa shape index (κ3) is 6.93. The lowest BCUT2D eigenvalue weighted by Crippen LogP contribution is -2.32. The van der Waals surface area contributed by atoms with Crippen molar-refractivity contribution in [1.82, 2.24) is 30.6 Å². The van der Waals surface area contributed by atoms with E-state index in [2.05, 4.69) is 80.0 Å². The Bertz CT molecular complexity index is 1430. The minimum absolute atomic E-state index is 0.163. The lowest BCUT2D eigenvalue weighted by Gasteiger charge is -2.19. The second-order valence-electron chi connectivity index (χ2n) is 10.9. The fraction of sp³-hybridized carbons (Fsp3) is 0.333. The largest absolute Gasteiger partial charge is 0.444 e. The number of carbonyl (C=O) groups excluding carboxylic acids is 2. The predicted molar refractivity (Wildman–Crippen MR) is 152 cm³/mol. The van der Waals surface area contributed by atoms with E-state index in [-0.39, 0.29) is 18.5 Å². The summed E-state index contributed by atoms with van der Waals surface area (Å²) in [5.74, 6) is 1.61. The molecule has 9 heteroatoms. The molecule has 0 fully saturated rings. The highest BCUT2D eigenvalue weighted by atomic mass is 16.6. The van der Waals surface area contributed by atoms with Crippen LogP contribution in [-0.4, -0.2) is 38.0 Å². The van der Waals surface area contributed by atoms with E-state index in [0.717, 1.165) is 45.0 Å². The van der Waals surface area contributed by atoms with Crippen molar-refractivity contribution >= 4 is 12.5 Å². The first-order chi connectivity index (χ1) is 18.5. The number of ether oxygens (including phenoxy) is 1. The normalized spacial score (nSPS) is 12.3. The zero-order chi connectivity index (χ0) is 28.2. The van der Waals surface area contributed by atoms with Crippen molar-refractivity contribution < 1.29 is 14.3 Å². The number of benzene rings is 2. The van der Waals surface area contributed by atoms with Crippen molar-refractivity contribution in [2.24, 2.45) is 5.92 Å². The smallest absolute Gasteiger partial charge is 0.408 e. The van der Waals surface area contributed by atoms with Crippen LogP contribution in [0.3, 0.4) is 0 Å². The highest BCUT2D eigenvalue weighted by Crippen LogP contribution is 2.30. The molecular weight excluding hydrogens is 492 g/mol. The molecule has 2 aromatic carbocycles. The summed E-state index contributed by atoms with van der Waals surface area (Å²) in [6.45, 7) is 11.9. The van der Waals surface area contributed by atoms with E-state index < -0.39 is 11.7 Å². The molecule has 0 aliphatic rings. The second kappa shape index (κ2) is 11.6. The topological polar surface area (TPSA) is 125 Å². The van der Waals surface area contributed by atoms with Gasteiger partial charge in [-0.2, -0.15) is 0 Å². The van der Waals surface area contributed by atoms with Gasteiger partial charge in [0.25, 0.3) is 0 Å². The number of hydrogen-bond donors (Lipinski definition) is 4. The highest BCUT2D eigenvalue weighted by Gasteiger charge is 2.19. The van der Waals surface area contributed by atoms with Gasteiger partial charge in [0, 0.05) is 5.56 Å². The first kappa shape index (κ1) is 27.6. The van der Waals surface area contributed by atoms with Gasteiger partial charge in [0.05, 0.1) is 36.4 Å². The van der Waals surface area contributed by atoms with Crippen molar-refractivity contribution in [2.45, 2.75) is 59.7 Å². The van der Waals surface area contributed by atoms with Crippen molar-refractivity contribution in [3.05, 3.63) is 72.1 Å². The fourth-order valence-electron chi connectivity index (χ4n) is 4.35. The molecule has 0 saturated heterocycles. The molecule has 4 rings (SSSR count). The molecule has 2 aromatic heterocycles. The van der Waals surface area contributed by atoms with Gasteiger partial charge >= 0.3 is 6.09 Å². The SMILES string of the molecule is Cc1cc(-c2ccc(-c3cnc(C(NC=O)C(C)C)[nH]3)cc2)ccc1-c1cnc(CNC(=O)OC(C)(C)C)[nH]1. The Hall–Kier alpha value is -4.40. The number of alkyl carbamates (subject to hydrolysis) is 1. The molecule has 2 amide bonds. The van der Waals surface area contributed by atoms with Gasteiger partial charge in [0.15, 0.2) is 0 Å². The number of amides is 2. The number of H-pyrrole nitrogens is 2. The number of nitrogens with zero attached hydrogens (tertiary/aromatic N) is 2. The van der Waals surface area contributed by atoms with Crippen LogP contribution in [0.5, 0.6) is 0 Å². The average Bonchev–Trinajstić information content (AvgIpc) is 3.55. The van der Waals surface area contributed by atoms with E-state index in [1.165, 1.54) is 0 Å². The van der Waals surface area contributed by atoms with Crippen molar-refractivity contribution in [2.75, 3.05) is 0 Å². The summed E-state index contributed by atoms with van der Waals surface area (Å²) in [6.07, 6.45) is 3.81. The zero-order valence-corrected chi connectivity index (χ0v) is 23.3. The van der Waals surface area contributed by atoms with Gasteiger partial charge in [0.1, 0.15) is 17.2 Å². The summed E-state index contributed by atoms with van der Waals surface area (Å²) in [6, 6.07) is 14.4. The van der Waals surface area contributed by atoms with Crippen LogP contribution in [0.2, 0.25) is 0 Å². The molecule has 39 heavy (non-hydrogen) atoms. The van der Waals surface area contributed by atoms with Crippen molar-refractivity contribution in [1.29, 1.82) is 0 Å². The van der Waals surface area contributed by atoms with Crippen LogP contribution < -0.4 is 10.6 Å². The maximum Gasteiger partial charge on any atom is 0.408 e. The van der Waals surface area contributed by atoms with Crippen LogP contribution in [0.4, 0.5) is 4.79 Å². The molecule has 0 bridgehead atoms. The van der Waals surface area contributed by atoms with Crippen LogP contribution in [0.15, 0.2) is 54.9 Å². The Morgan fingerprint density at radius 2 is 1.64 bits per heavy atom. The second-order valence-corrected chi connectivity index (χ2v) is 10.9. The van der Waals surface area contributed by atoms with E-state index in [1.54, 1.807) is 12.4 Å². The number of aryl methyl sites for hydroxylation is 1. The lowest BCUT2D eigenvalue weighted by molar-refractivity contribution is -0.110. The molecule has 0 spiro atoms. The Kier molecular flexibility index (Phi) is 8.18. The molecule has 4 N–H and O–H groups in total. The van der Waals surface area contributed by atoms with E-state index in [9.17, 15) is 9.59 Å². The van der Waals surface area contributed by atoms with Crippen molar-refractivity contribution in [3.8, 4) is 33.6 Å². The first-order valence-electron chi connectivity index (χ1n) is 13.0. The summed E-state index contributed by atoms with van der Waals surface area (Å²) in [7, 11) is 0.